The van der Waals surface area contributed by atoms with Crippen LogP contribution in [0.4, 0.5) is 5.69 Å². The van der Waals surface area contributed by atoms with Crippen molar-refractivity contribution in [1.29, 1.82) is 0 Å². The molecule has 1 aromatic rings. The lowest BCUT2D eigenvalue weighted by molar-refractivity contribution is -0.122. The summed E-state index contributed by atoms with van der Waals surface area (Å²) >= 11 is 2.07. The summed E-state index contributed by atoms with van der Waals surface area (Å²) in [7, 11) is 1.85. The van der Waals surface area contributed by atoms with Crippen molar-refractivity contribution in [2.24, 2.45) is 16.8 Å². The zero-order chi connectivity index (χ0) is 19.2. The number of anilines is 1. The molecule has 148 valence electrons. The number of carbonyl (C=O) groups excluding carboxylic acids is 1. The minimum absolute atomic E-state index is 0.160. The molecule has 0 spiro atoms. The predicted molar refractivity (Wildman–Crippen MR) is 115 cm³/mol. The zero-order valence-electron chi connectivity index (χ0n) is 16.7. The van der Waals surface area contributed by atoms with Gasteiger partial charge in [0.25, 0.3) is 0 Å². The molecule has 0 aromatic heterocycles. The first-order chi connectivity index (χ1) is 13.1. The number of guanidine groups is 1. The van der Waals surface area contributed by atoms with E-state index in [4.69, 9.17) is 0 Å². The fraction of sp³-hybridized carbons (Fsp3) is 0.619. The topological polar surface area (TPSA) is 56.7 Å². The lowest BCUT2D eigenvalue weighted by Gasteiger charge is -2.36. The third-order valence-corrected chi connectivity index (χ3v) is 7.01. The molecule has 2 aliphatic rings. The Kier molecular flexibility index (Phi) is 7.05. The Morgan fingerprint density at radius 1 is 1.37 bits per heavy atom. The number of hydrogen-bond acceptors (Lipinski definition) is 3. The van der Waals surface area contributed by atoms with Gasteiger partial charge in [-0.3, -0.25) is 9.79 Å². The van der Waals surface area contributed by atoms with Crippen LogP contribution in [0.15, 0.2) is 29.3 Å². The Bertz CT molecular complexity index is 672. The highest BCUT2D eigenvalue weighted by Gasteiger charge is 2.26. The van der Waals surface area contributed by atoms with Gasteiger partial charge in [0.2, 0.25) is 5.91 Å². The molecular weight excluding hydrogens is 356 g/mol. The first-order valence-electron chi connectivity index (χ1n) is 10.0. The molecule has 1 aromatic carbocycles. The Morgan fingerprint density at radius 2 is 2.19 bits per heavy atom. The lowest BCUT2D eigenvalue weighted by Crippen LogP contribution is -2.48. The SMILES string of the molecule is CN=C(NCc1cccc(NC(=O)C2CCC2)c1)N1CCSC(C(C)C)C1. The summed E-state index contributed by atoms with van der Waals surface area (Å²) in [5.74, 6) is 3.15. The number of nitrogens with zero attached hydrogens (tertiary/aromatic N) is 2. The Balaban J connectivity index is 1.55. The normalized spacial score (nSPS) is 21.1. The van der Waals surface area contributed by atoms with E-state index in [2.05, 4.69) is 58.3 Å². The average molecular weight is 389 g/mol. The molecule has 3 rings (SSSR count). The molecule has 27 heavy (non-hydrogen) atoms. The number of nitrogens with one attached hydrogen (secondary N) is 2. The highest BCUT2D eigenvalue weighted by molar-refractivity contribution is 8.00. The summed E-state index contributed by atoms with van der Waals surface area (Å²) in [4.78, 5) is 19.0. The maximum Gasteiger partial charge on any atom is 0.227 e. The Hall–Kier alpha value is -1.69. The van der Waals surface area contributed by atoms with Crippen molar-refractivity contribution in [2.45, 2.75) is 44.9 Å². The van der Waals surface area contributed by atoms with Crippen LogP contribution in [0, 0.1) is 11.8 Å². The van der Waals surface area contributed by atoms with Crippen LogP contribution in [-0.2, 0) is 11.3 Å². The minimum Gasteiger partial charge on any atom is -0.352 e. The monoisotopic (exact) mass is 388 g/mol. The molecule has 1 saturated heterocycles. The molecular formula is C21H32N4OS. The summed E-state index contributed by atoms with van der Waals surface area (Å²) < 4.78 is 0. The first-order valence-corrected chi connectivity index (χ1v) is 11.1. The van der Waals surface area contributed by atoms with Crippen molar-refractivity contribution >= 4 is 29.3 Å². The van der Waals surface area contributed by atoms with E-state index in [1.54, 1.807) is 0 Å². The van der Waals surface area contributed by atoms with Crippen molar-refractivity contribution in [3.05, 3.63) is 29.8 Å². The summed E-state index contributed by atoms with van der Waals surface area (Å²) in [5, 5.41) is 7.21. The fourth-order valence-corrected chi connectivity index (χ4v) is 4.76. The van der Waals surface area contributed by atoms with Crippen LogP contribution in [0.2, 0.25) is 0 Å². The van der Waals surface area contributed by atoms with E-state index in [9.17, 15) is 4.79 Å². The number of hydrogen-bond donors (Lipinski definition) is 2. The van der Waals surface area contributed by atoms with Gasteiger partial charge in [0.05, 0.1) is 0 Å². The van der Waals surface area contributed by atoms with Gasteiger partial charge >= 0.3 is 0 Å². The highest BCUT2D eigenvalue weighted by atomic mass is 32.2. The molecule has 1 aliphatic heterocycles. The molecule has 2 N–H and O–H groups in total. The highest BCUT2D eigenvalue weighted by Crippen LogP contribution is 2.28. The van der Waals surface area contributed by atoms with Gasteiger partial charge in [-0.2, -0.15) is 11.8 Å². The largest absolute Gasteiger partial charge is 0.352 e. The second kappa shape index (κ2) is 9.49. The van der Waals surface area contributed by atoms with Crippen molar-refractivity contribution < 1.29 is 4.79 Å². The van der Waals surface area contributed by atoms with Crippen molar-refractivity contribution in [3.63, 3.8) is 0 Å². The van der Waals surface area contributed by atoms with Gasteiger partial charge in [-0.05, 0) is 36.5 Å². The lowest BCUT2D eigenvalue weighted by atomic mass is 9.85. The van der Waals surface area contributed by atoms with Crippen molar-refractivity contribution in [2.75, 3.05) is 31.2 Å². The zero-order valence-corrected chi connectivity index (χ0v) is 17.5. The molecule has 1 saturated carbocycles. The molecule has 1 amide bonds. The minimum atomic E-state index is 0.160. The van der Waals surface area contributed by atoms with Crippen LogP contribution in [0.5, 0.6) is 0 Å². The summed E-state index contributed by atoms with van der Waals surface area (Å²) in [6.07, 6.45) is 3.22. The molecule has 0 radical (unpaired) electrons. The van der Waals surface area contributed by atoms with E-state index in [1.165, 1.54) is 6.42 Å². The fourth-order valence-electron chi connectivity index (χ4n) is 3.46. The van der Waals surface area contributed by atoms with Gasteiger partial charge in [-0.15, -0.1) is 0 Å². The van der Waals surface area contributed by atoms with Crippen LogP contribution in [0.25, 0.3) is 0 Å². The van der Waals surface area contributed by atoms with E-state index in [0.717, 1.165) is 48.9 Å². The maximum atomic E-state index is 12.2. The van der Waals surface area contributed by atoms with Gasteiger partial charge in [0.15, 0.2) is 5.96 Å². The van der Waals surface area contributed by atoms with Gasteiger partial charge in [0.1, 0.15) is 0 Å². The number of carbonyl (C=O) groups is 1. The second-order valence-electron chi connectivity index (χ2n) is 7.82. The van der Waals surface area contributed by atoms with Crippen molar-refractivity contribution in [1.82, 2.24) is 10.2 Å². The summed E-state index contributed by atoms with van der Waals surface area (Å²) in [6, 6.07) is 8.11. The van der Waals surface area contributed by atoms with Crippen LogP contribution in [0.3, 0.4) is 0 Å². The molecule has 1 heterocycles. The van der Waals surface area contributed by atoms with Crippen LogP contribution >= 0.6 is 11.8 Å². The van der Waals surface area contributed by atoms with Crippen LogP contribution < -0.4 is 10.6 Å². The molecule has 0 bridgehead atoms. The quantitative estimate of drug-likeness (QED) is 0.598. The number of aliphatic imine (C=N–C) groups is 1. The summed E-state index contributed by atoms with van der Waals surface area (Å²) in [6.45, 7) is 7.36. The van der Waals surface area contributed by atoms with E-state index in [1.807, 2.05) is 19.2 Å². The number of amides is 1. The Labute approximate surface area is 167 Å². The summed E-state index contributed by atoms with van der Waals surface area (Å²) in [5.41, 5.74) is 2.03. The third-order valence-electron chi connectivity index (χ3n) is 5.47. The van der Waals surface area contributed by atoms with E-state index in [0.29, 0.717) is 17.7 Å². The first kappa shape index (κ1) is 20.1. The Morgan fingerprint density at radius 3 is 2.85 bits per heavy atom. The van der Waals surface area contributed by atoms with E-state index < -0.39 is 0 Å². The van der Waals surface area contributed by atoms with Crippen molar-refractivity contribution in [3.8, 4) is 0 Å². The van der Waals surface area contributed by atoms with Gasteiger partial charge in [-0.25, -0.2) is 0 Å². The third kappa shape index (κ3) is 5.41. The molecule has 1 aliphatic carbocycles. The molecule has 2 fully saturated rings. The number of thioether (sulfide) groups is 1. The standard InChI is InChI=1S/C21H32N4OS/c1-15(2)19-14-25(10-11-27-19)21(22-3)23-13-16-6-4-9-18(12-16)24-20(26)17-7-5-8-17/h4,6,9,12,15,17,19H,5,7-8,10-11,13-14H2,1-3H3,(H,22,23)(H,24,26). The van der Waals surface area contributed by atoms with Crippen LogP contribution in [-0.4, -0.2) is 47.9 Å². The van der Waals surface area contributed by atoms with Crippen LogP contribution in [0.1, 0.15) is 38.7 Å². The van der Waals surface area contributed by atoms with E-state index >= 15 is 0 Å². The average Bonchev–Trinajstić information content (AvgIpc) is 2.61. The number of benzene rings is 1. The number of rotatable bonds is 5. The van der Waals surface area contributed by atoms with Gasteiger partial charge < -0.3 is 15.5 Å². The smallest absolute Gasteiger partial charge is 0.227 e. The predicted octanol–water partition coefficient (Wildman–Crippen LogP) is 3.57. The molecule has 6 heteroatoms. The van der Waals surface area contributed by atoms with E-state index in [-0.39, 0.29) is 11.8 Å². The maximum absolute atomic E-state index is 12.2. The molecule has 5 nitrogen and oxygen atoms in total. The molecule has 1 atom stereocenters. The van der Waals surface area contributed by atoms with Gasteiger partial charge in [-0.1, -0.05) is 32.4 Å². The molecule has 1 unspecified atom stereocenters. The van der Waals surface area contributed by atoms with Gasteiger partial charge in [0, 0.05) is 49.3 Å². The second-order valence-corrected chi connectivity index (χ2v) is 9.16.